The maximum Gasteiger partial charge on any atom is 0.364 e. The van der Waals surface area contributed by atoms with Gasteiger partial charge in [-0.1, -0.05) is 26.2 Å². The predicted molar refractivity (Wildman–Crippen MR) is 99.3 cm³/mol. The maximum atomic E-state index is 13.8. The van der Waals surface area contributed by atoms with Gasteiger partial charge in [0.25, 0.3) is 0 Å². The van der Waals surface area contributed by atoms with Gasteiger partial charge in [-0.25, -0.2) is 4.99 Å². The van der Waals surface area contributed by atoms with Crippen LogP contribution < -0.4 is 10.1 Å². The molecular formula is C19H25ClF2N2O. The van der Waals surface area contributed by atoms with Crippen LogP contribution in [0.2, 0.25) is 0 Å². The number of ether oxygens (including phenoxy) is 1. The lowest BCUT2D eigenvalue weighted by Gasteiger charge is -2.25. The van der Waals surface area contributed by atoms with Crippen LogP contribution >= 0.6 is 11.6 Å². The molecule has 1 saturated carbocycles. The van der Waals surface area contributed by atoms with Gasteiger partial charge in [0.15, 0.2) is 0 Å². The molecule has 0 spiro atoms. The third-order valence-electron chi connectivity index (χ3n) is 4.30. The Kier molecular flexibility index (Phi) is 7.24. The van der Waals surface area contributed by atoms with Gasteiger partial charge in [0.2, 0.25) is 0 Å². The molecule has 3 nitrogen and oxygen atoms in total. The lowest BCUT2D eigenvalue weighted by molar-refractivity contribution is 0.176. The topological polar surface area (TPSA) is 33.6 Å². The maximum absolute atomic E-state index is 13.8. The van der Waals surface area contributed by atoms with Crippen molar-refractivity contribution in [1.29, 1.82) is 0 Å². The van der Waals surface area contributed by atoms with Crippen LogP contribution in [-0.2, 0) is 0 Å². The molecule has 0 aromatic heterocycles. The van der Waals surface area contributed by atoms with Crippen molar-refractivity contribution >= 4 is 23.0 Å². The standard InChI is InChI=1S/C19H25ClF2N2O/c1-3-14(23-15-7-5-4-6-8-15)13-18(19(20,21)22)24-16-9-11-17(25-2)12-10-16/h9-13,15,23H,3-8H2,1-2H3/b14-13-,24-18?. The van der Waals surface area contributed by atoms with E-state index in [9.17, 15) is 8.78 Å². The lowest BCUT2D eigenvalue weighted by Crippen LogP contribution is -2.31. The Bertz CT molecular complexity index is 603. The lowest BCUT2D eigenvalue weighted by atomic mass is 9.95. The van der Waals surface area contributed by atoms with Gasteiger partial charge in [0, 0.05) is 11.7 Å². The molecule has 2 rings (SSSR count). The van der Waals surface area contributed by atoms with Gasteiger partial charge in [0.05, 0.1) is 12.8 Å². The Labute approximate surface area is 153 Å². The molecule has 1 aliphatic rings. The Balaban J connectivity index is 2.23. The number of allylic oxidation sites excluding steroid dienone is 2. The quantitative estimate of drug-likeness (QED) is 0.485. The van der Waals surface area contributed by atoms with Crippen molar-refractivity contribution in [3.05, 3.63) is 36.0 Å². The first-order valence-electron chi connectivity index (χ1n) is 8.69. The second-order valence-corrected chi connectivity index (χ2v) is 6.67. The fourth-order valence-electron chi connectivity index (χ4n) is 2.89. The molecule has 1 fully saturated rings. The van der Waals surface area contributed by atoms with Gasteiger partial charge < -0.3 is 10.1 Å². The summed E-state index contributed by atoms with van der Waals surface area (Å²) < 4.78 is 32.7. The Morgan fingerprint density at radius 1 is 1.28 bits per heavy atom. The predicted octanol–water partition coefficient (Wildman–Crippen LogP) is 5.82. The van der Waals surface area contributed by atoms with Crippen LogP contribution in [0, 0.1) is 0 Å². The van der Waals surface area contributed by atoms with Crippen LogP contribution in [0.4, 0.5) is 14.5 Å². The van der Waals surface area contributed by atoms with Crippen molar-refractivity contribution in [2.24, 2.45) is 4.99 Å². The molecule has 0 bridgehead atoms. The number of rotatable bonds is 7. The van der Waals surface area contributed by atoms with Gasteiger partial charge in [-0.15, -0.1) is 0 Å². The summed E-state index contributed by atoms with van der Waals surface area (Å²) in [4.78, 5) is 4.05. The number of nitrogens with one attached hydrogen (secondary N) is 1. The minimum Gasteiger partial charge on any atom is -0.497 e. The average molecular weight is 371 g/mol. The second-order valence-electron chi connectivity index (χ2n) is 6.20. The molecule has 0 atom stereocenters. The SMILES string of the molecule is CC/C(=C/C(=Nc1ccc(OC)cc1)C(F)(F)Cl)NC1CCCCC1. The number of hydrogen-bond acceptors (Lipinski definition) is 3. The molecule has 1 N–H and O–H groups in total. The van der Waals surface area contributed by atoms with Crippen molar-refractivity contribution in [1.82, 2.24) is 5.32 Å². The third kappa shape index (κ3) is 6.31. The van der Waals surface area contributed by atoms with Crippen molar-refractivity contribution < 1.29 is 13.5 Å². The van der Waals surface area contributed by atoms with Crippen LogP contribution in [0.5, 0.6) is 5.75 Å². The van der Waals surface area contributed by atoms with Crippen LogP contribution in [-0.4, -0.2) is 24.2 Å². The van der Waals surface area contributed by atoms with E-state index in [2.05, 4.69) is 10.3 Å². The van der Waals surface area contributed by atoms with Crippen LogP contribution in [0.1, 0.15) is 45.4 Å². The first-order chi connectivity index (χ1) is 11.9. The summed E-state index contributed by atoms with van der Waals surface area (Å²) in [6.45, 7) is 1.93. The van der Waals surface area contributed by atoms with E-state index >= 15 is 0 Å². The van der Waals surface area contributed by atoms with E-state index in [4.69, 9.17) is 16.3 Å². The summed E-state index contributed by atoms with van der Waals surface area (Å²) in [5, 5.41) is -0.153. The monoisotopic (exact) mass is 370 g/mol. The van der Waals surface area contributed by atoms with Crippen LogP contribution in [0.3, 0.4) is 0 Å². The van der Waals surface area contributed by atoms with Gasteiger partial charge in [0.1, 0.15) is 11.5 Å². The van der Waals surface area contributed by atoms with Gasteiger partial charge in [-0.3, -0.25) is 0 Å². The van der Waals surface area contributed by atoms with E-state index < -0.39 is 11.1 Å². The Hall–Kier alpha value is -1.62. The van der Waals surface area contributed by atoms with Gasteiger partial charge in [-0.05, 0) is 61.2 Å². The van der Waals surface area contributed by atoms with Crippen molar-refractivity contribution in [2.75, 3.05) is 7.11 Å². The zero-order chi connectivity index (χ0) is 18.3. The summed E-state index contributed by atoms with van der Waals surface area (Å²) in [6.07, 6.45) is 7.73. The highest BCUT2D eigenvalue weighted by molar-refractivity contribution is 6.35. The van der Waals surface area contributed by atoms with Crippen LogP contribution in [0.15, 0.2) is 41.0 Å². The van der Waals surface area contributed by atoms with E-state index in [0.717, 1.165) is 18.5 Å². The Morgan fingerprint density at radius 2 is 1.92 bits per heavy atom. The van der Waals surface area contributed by atoms with Crippen molar-refractivity contribution in [3.63, 3.8) is 0 Å². The number of hydrogen-bond donors (Lipinski definition) is 1. The van der Waals surface area contributed by atoms with Gasteiger partial charge in [-0.2, -0.15) is 8.78 Å². The molecule has 138 valence electrons. The largest absolute Gasteiger partial charge is 0.497 e. The van der Waals surface area contributed by atoms with E-state index in [1.165, 1.54) is 25.3 Å². The molecule has 0 unspecified atom stereocenters. The number of aliphatic imine (C=N–C) groups is 1. The second kappa shape index (κ2) is 9.18. The third-order valence-corrected chi connectivity index (χ3v) is 4.49. The Morgan fingerprint density at radius 3 is 2.44 bits per heavy atom. The zero-order valence-corrected chi connectivity index (χ0v) is 15.5. The highest BCUT2D eigenvalue weighted by Gasteiger charge is 2.32. The first kappa shape index (κ1) is 19.7. The van der Waals surface area contributed by atoms with E-state index in [-0.39, 0.29) is 0 Å². The molecule has 0 heterocycles. The number of alkyl halides is 3. The average Bonchev–Trinajstić information content (AvgIpc) is 2.61. The molecular weight excluding hydrogens is 346 g/mol. The molecule has 0 radical (unpaired) electrons. The minimum atomic E-state index is -3.53. The minimum absolute atomic E-state index is 0.339. The van der Waals surface area contributed by atoms with Crippen LogP contribution in [0.25, 0.3) is 0 Å². The highest BCUT2D eigenvalue weighted by Crippen LogP contribution is 2.27. The fraction of sp³-hybridized carbons (Fsp3) is 0.526. The molecule has 0 saturated heterocycles. The van der Waals surface area contributed by atoms with Gasteiger partial charge >= 0.3 is 5.38 Å². The fourth-order valence-corrected chi connectivity index (χ4v) is 2.99. The summed E-state index contributed by atoms with van der Waals surface area (Å²) >= 11 is 5.29. The molecule has 25 heavy (non-hydrogen) atoms. The molecule has 1 aliphatic carbocycles. The van der Waals surface area contributed by atoms with E-state index in [1.54, 1.807) is 31.4 Å². The number of methoxy groups -OCH3 is 1. The smallest absolute Gasteiger partial charge is 0.364 e. The summed E-state index contributed by atoms with van der Waals surface area (Å²) in [6, 6.07) is 6.93. The van der Waals surface area contributed by atoms with E-state index in [0.29, 0.717) is 23.9 Å². The summed E-state index contributed by atoms with van der Waals surface area (Å²) in [7, 11) is 1.55. The molecule has 1 aromatic rings. The molecule has 1 aromatic carbocycles. The zero-order valence-electron chi connectivity index (χ0n) is 14.7. The number of nitrogens with zero attached hydrogens (tertiary/aromatic N) is 1. The van der Waals surface area contributed by atoms with E-state index in [1.807, 2.05) is 6.92 Å². The highest BCUT2D eigenvalue weighted by atomic mass is 35.5. The van der Waals surface area contributed by atoms with Crippen molar-refractivity contribution in [2.45, 2.75) is 56.9 Å². The van der Waals surface area contributed by atoms with Crippen molar-refractivity contribution in [3.8, 4) is 5.75 Å². The summed E-state index contributed by atoms with van der Waals surface area (Å²) in [5.74, 6) is 0.641. The number of benzene rings is 1. The molecule has 0 aliphatic heterocycles. The molecule has 6 heteroatoms. The molecule has 0 amide bonds. The first-order valence-corrected chi connectivity index (χ1v) is 9.07. The normalized spacial score (nSPS) is 17.5. The summed E-state index contributed by atoms with van der Waals surface area (Å²) in [5.41, 5.74) is 0.680. The number of halogens is 3.